The van der Waals surface area contributed by atoms with Gasteiger partial charge in [-0.2, -0.15) is 9.97 Å². The van der Waals surface area contributed by atoms with Crippen LogP contribution in [0.25, 0.3) is 0 Å². The normalized spacial score (nSPS) is 20.2. The van der Waals surface area contributed by atoms with Gasteiger partial charge in [0.1, 0.15) is 4.49 Å². The molecule has 1 amide bonds. The second-order valence-corrected chi connectivity index (χ2v) is 7.42. The van der Waals surface area contributed by atoms with Crippen LogP contribution in [0, 0.1) is 17.3 Å². The van der Waals surface area contributed by atoms with E-state index in [-0.39, 0.29) is 38.7 Å². The van der Waals surface area contributed by atoms with Crippen molar-refractivity contribution in [2.75, 3.05) is 19.5 Å². The van der Waals surface area contributed by atoms with E-state index in [1.54, 1.807) is 6.08 Å². The maximum absolute atomic E-state index is 12.4. The summed E-state index contributed by atoms with van der Waals surface area (Å²) in [4.78, 5) is 20.6. The van der Waals surface area contributed by atoms with Gasteiger partial charge in [0.2, 0.25) is 23.6 Å². The molecule has 2 N–H and O–H groups in total. The van der Waals surface area contributed by atoms with Crippen LogP contribution in [0.5, 0.6) is 11.8 Å². The van der Waals surface area contributed by atoms with Crippen LogP contribution in [-0.2, 0) is 4.79 Å². The number of halogens is 2. The quantitative estimate of drug-likeness (QED) is 0.729. The fourth-order valence-electron chi connectivity index (χ4n) is 2.62. The van der Waals surface area contributed by atoms with Crippen LogP contribution in [0.1, 0.15) is 13.8 Å². The molecule has 1 fully saturated rings. The molecule has 2 atom stereocenters. The third-order valence-electron chi connectivity index (χ3n) is 4.06. The van der Waals surface area contributed by atoms with Crippen molar-refractivity contribution in [2.24, 2.45) is 17.3 Å². The number of hydrogen-bond donors (Lipinski definition) is 2. The van der Waals surface area contributed by atoms with Crippen molar-refractivity contribution in [1.82, 2.24) is 15.3 Å². The maximum atomic E-state index is 12.4. The molecule has 0 aliphatic heterocycles. The molecular formula is C15H18Cl2N4O3S. The number of thiocarbonyl (C=S) groups is 1. The molecule has 25 heavy (non-hydrogen) atoms. The van der Waals surface area contributed by atoms with Gasteiger partial charge >= 0.3 is 0 Å². The molecule has 0 saturated heterocycles. The molecule has 0 spiro atoms. The fourth-order valence-corrected chi connectivity index (χ4v) is 3.08. The van der Waals surface area contributed by atoms with Crippen molar-refractivity contribution in [3.8, 4) is 11.8 Å². The second-order valence-electron chi connectivity index (χ2n) is 6.00. The Balaban J connectivity index is 2.01. The molecule has 136 valence electrons. The number of amides is 1. The first-order valence-electron chi connectivity index (χ1n) is 7.30. The number of carbonyl (C=O) groups excluding carboxylic acids is 1. The lowest BCUT2D eigenvalue weighted by atomic mass is 10.1. The third-order valence-corrected chi connectivity index (χ3v) is 4.51. The Morgan fingerprint density at radius 2 is 1.84 bits per heavy atom. The predicted octanol–water partition coefficient (Wildman–Crippen LogP) is 2.90. The standard InChI is InChI=1S/C15H18Cl2N4O3S/c1-15(2)7(5-8(16)17)11(15)12(22)20-14(25)21-13-18-9(23-3)6-10(19-13)24-4/h5-7,11H,1-4H3,(H2,18,19,20,21,22,25)/t7-,11+/m1/s1. The molecule has 0 bridgehead atoms. The number of rotatable bonds is 5. The van der Waals surface area contributed by atoms with E-state index in [1.807, 2.05) is 13.8 Å². The summed E-state index contributed by atoms with van der Waals surface area (Å²) in [5.74, 6) is 0.196. The lowest BCUT2D eigenvalue weighted by molar-refractivity contribution is -0.121. The van der Waals surface area contributed by atoms with E-state index in [4.69, 9.17) is 44.9 Å². The molecule has 1 aliphatic rings. The Hall–Kier alpha value is -1.64. The number of methoxy groups -OCH3 is 2. The first-order valence-corrected chi connectivity index (χ1v) is 8.47. The van der Waals surface area contributed by atoms with Crippen LogP contribution in [-0.4, -0.2) is 35.2 Å². The Kier molecular flexibility index (Phi) is 6.08. The fraction of sp³-hybridized carbons (Fsp3) is 0.467. The molecule has 10 heteroatoms. The highest BCUT2D eigenvalue weighted by molar-refractivity contribution is 7.80. The highest BCUT2D eigenvalue weighted by atomic mass is 35.5. The minimum Gasteiger partial charge on any atom is -0.481 e. The number of nitrogens with zero attached hydrogens (tertiary/aromatic N) is 2. The lowest BCUT2D eigenvalue weighted by Crippen LogP contribution is -2.36. The average Bonchev–Trinajstić information content (AvgIpc) is 3.06. The van der Waals surface area contributed by atoms with E-state index in [0.717, 1.165) is 0 Å². The average molecular weight is 405 g/mol. The SMILES string of the molecule is COc1cc(OC)nc(NC(=S)NC(=O)[C@@H]2[C@@H](C=C(Cl)Cl)C2(C)C)n1. The molecule has 1 aromatic rings. The molecular weight excluding hydrogens is 387 g/mol. The van der Waals surface area contributed by atoms with E-state index < -0.39 is 0 Å². The van der Waals surface area contributed by atoms with E-state index in [0.29, 0.717) is 11.8 Å². The van der Waals surface area contributed by atoms with Crippen LogP contribution in [0.2, 0.25) is 0 Å². The largest absolute Gasteiger partial charge is 0.481 e. The van der Waals surface area contributed by atoms with Gasteiger partial charge in [0.25, 0.3) is 0 Å². The lowest BCUT2D eigenvalue weighted by Gasteiger charge is -2.10. The van der Waals surface area contributed by atoms with Crippen molar-refractivity contribution < 1.29 is 14.3 Å². The van der Waals surface area contributed by atoms with Gasteiger partial charge < -0.3 is 20.1 Å². The topological polar surface area (TPSA) is 85.4 Å². The monoisotopic (exact) mass is 404 g/mol. The van der Waals surface area contributed by atoms with Crippen molar-refractivity contribution in [2.45, 2.75) is 13.8 Å². The molecule has 0 unspecified atom stereocenters. The molecule has 0 aromatic carbocycles. The highest BCUT2D eigenvalue weighted by Crippen LogP contribution is 2.59. The molecule has 2 rings (SSSR count). The Bertz CT molecular complexity index is 700. The second kappa shape index (κ2) is 7.72. The van der Waals surface area contributed by atoms with E-state index in [9.17, 15) is 4.79 Å². The number of aromatic nitrogens is 2. The summed E-state index contributed by atoms with van der Waals surface area (Å²) in [7, 11) is 2.94. The minimum absolute atomic E-state index is 0.0477. The van der Waals surface area contributed by atoms with Gasteiger partial charge in [-0.3, -0.25) is 4.79 Å². The summed E-state index contributed by atoms with van der Waals surface area (Å²) in [5.41, 5.74) is -0.246. The molecule has 0 radical (unpaired) electrons. The third kappa shape index (κ3) is 4.71. The van der Waals surface area contributed by atoms with Gasteiger partial charge in [-0.25, -0.2) is 0 Å². The maximum Gasteiger partial charge on any atom is 0.235 e. The molecule has 1 saturated carbocycles. The van der Waals surface area contributed by atoms with Crippen LogP contribution < -0.4 is 20.1 Å². The summed E-state index contributed by atoms with van der Waals surface area (Å²) in [6.07, 6.45) is 1.67. The van der Waals surface area contributed by atoms with Crippen LogP contribution in [0.15, 0.2) is 16.6 Å². The highest BCUT2D eigenvalue weighted by Gasteiger charge is 2.60. The molecule has 1 heterocycles. The zero-order valence-corrected chi connectivity index (χ0v) is 16.4. The van der Waals surface area contributed by atoms with Crippen molar-refractivity contribution in [1.29, 1.82) is 0 Å². The van der Waals surface area contributed by atoms with Crippen LogP contribution >= 0.6 is 35.4 Å². The first kappa shape index (κ1) is 19.7. The van der Waals surface area contributed by atoms with Crippen molar-refractivity contribution in [3.05, 3.63) is 16.6 Å². The van der Waals surface area contributed by atoms with Gasteiger partial charge in [0.15, 0.2) is 5.11 Å². The zero-order valence-electron chi connectivity index (χ0n) is 14.1. The predicted molar refractivity (Wildman–Crippen MR) is 100 cm³/mol. The summed E-state index contributed by atoms with van der Waals surface area (Å²) in [5, 5.41) is 5.44. The number of anilines is 1. The Morgan fingerprint density at radius 1 is 1.28 bits per heavy atom. The number of nitrogens with one attached hydrogen (secondary N) is 2. The number of carbonyl (C=O) groups is 1. The number of ether oxygens (including phenoxy) is 2. The number of allylic oxidation sites excluding steroid dienone is 1. The number of hydrogen-bond acceptors (Lipinski definition) is 6. The molecule has 1 aliphatic carbocycles. The Morgan fingerprint density at radius 3 is 2.32 bits per heavy atom. The van der Waals surface area contributed by atoms with E-state index >= 15 is 0 Å². The van der Waals surface area contributed by atoms with Crippen LogP contribution in [0.3, 0.4) is 0 Å². The smallest absolute Gasteiger partial charge is 0.235 e. The van der Waals surface area contributed by atoms with Crippen molar-refractivity contribution in [3.63, 3.8) is 0 Å². The Labute approximate surface area is 161 Å². The van der Waals surface area contributed by atoms with E-state index in [2.05, 4.69) is 20.6 Å². The minimum atomic E-state index is -0.277. The summed E-state index contributed by atoms with van der Waals surface area (Å²) < 4.78 is 10.3. The van der Waals surface area contributed by atoms with Gasteiger partial charge in [-0.1, -0.05) is 37.0 Å². The summed E-state index contributed by atoms with van der Waals surface area (Å²) in [6.45, 7) is 3.92. The van der Waals surface area contributed by atoms with Crippen molar-refractivity contribution >= 4 is 52.4 Å². The van der Waals surface area contributed by atoms with Crippen LogP contribution in [0.4, 0.5) is 5.95 Å². The van der Waals surface area contributed by atoms with E-state index in [1.165, 1.54) is 20.3 Å². The van der Waals surface area contributed by atoms with Gasteiger partial charge in [-0.05, 0) is 29.6 Å². The summed E-state index contributed by atoms with van der Waals surface area (Å²) in [6, 6.07) is 1.52. The van der Waals surface area contributed by atoms with Gasteiger partial charge in [0, 0.05) is 0 Å². The zero-order chi connectivity index (χ0) is 18.8. The van der Waals surface area contributed by atoms with Gasteiger partial charge in [-0.15, -0.1) is 0 Å². The molecule has 1 aromatic heterocycles. The molecule has 7 nitrogen and oxygen atoms in total. The van der Waals surface area contributed by atoms with Gasteiger partial charge in [0.05, 0.1) is 26.2 Å². The summed E-state index contributed by atoms with van der Waals surface area (Å²) >= 11 is 16.5. The first-order chi connectivity index (χ1) is 11.7.